The predicted molar refractivity (Wildman–Crippen MR) is 68.6 cm³/mol. The van der Waals surface area contributed by atoms with Gasteiger partial charge in [0.15, 0.2) is 11.6 Å². The smallest absolute Gasteiger partial charge is 0.184 e. The topological polar surface area (TPSA) is 53.2 Å². The number of rotatable bonds is 3. The molecule has 2 rings (SSSR count). The number of hydrogen-bond donors (Lipinski definition) is 1. The summed E-state index contributed by atoms with van der Waals surface area (Å²) in [6.45, 7) is -0.180. The molecule has 0 spiro atoms. The van der Waals surface area contributed by atoms with E-state index < -0.39 is 5.82 Å². The molecule has 0 aromatic heterocycles. The molecule has 5 heteroatoms. The summed E-state index contributed by atoms with van der Waals surface area (Å²) in [6.07, 6.45) is 0. The van der Waals surface area contributed by atoms with Crippen molar-refractivity contribution in [1.82, 2.24) is 0 Å². The summed E-state index contributed by atoms with van der Waals surface area (Å²) in [4.78, 5) is 0. The Morgan fingerprint density at radius 2 is 2.05 bits per heavy atom. The van der Waals surface area contributed by atoms with Crippen molar-refractivity contribution in [3.05, 3.63) is 58.4 Å². The Balaban J connectivity index is 2.39. The van der Waals surface area contributed by atoms with Gasteiger partial charge in [0.25, 0.3) is 0 Å². The van der Waals surface area contributed by atoms with Crippen LogP contribution in [0, 0.1) is 17.1 Å². The zero-order valence-electron chi connectivity index (χ0n) is 9.73. The molecule has 0 saturated carbocycles. The van der Waals surface area contributed by atoms with E-state index in [-0.39, 0.29) is 28.7 Å². The van der Waals surface area contributed by atoms with Gasteiger partial charge in [0.2, 0.25) is 0 Å². The minimum atomic E-state index is -0.681. The molecule has 0 heterocycles. The molecule has 0 atom stereocenters. The third-order valence-corrected chi connectivity index (χ3v) is 2.77. The van der Waals surface area contributed by atoms with Crippen molar-refractivity contribution >= 4 is 11.6 Å². The average molecular weight is 278 g/mol. The maximum Gasteiger partial charge on any atom is 0.184 e. The lowest BCUT2D eigenvalue weighted by Crippen LogP contribution is -1.93. The SMILES string of the molecule is N#Cc1cc(CO)ccc1Oc1cccc(Cl)c1F. The fraction of sp³-hybridized carbons (Fsp3) is 0.0714. The minimum Gasteiger partial charge on any atom is -0.453 e. The van der Waals surface area contributed by atoms with Gasteiger partial charge in [-0.2, -0.15) is 5.26 Å². The lowest BCUT2D eigenvalue weighted by Gasteiger charge is -2.09. The van der Waals surface area contributed by atoms with Crippen molar-refractivity contribution in [3.8, 4) is 17.6 Å². The van der Waals surface area contributed by atoms with Gasteiger partial charge in [0.1, 0.15) is 11.8 Å². The van der Waals surface area contributed by atoms with Crippen LogP contribution in [-0.4, -0.2) is 5.11 Å². The Hall–Kier alpha value is -2.09. The van der Waals surface area contributed by atoms with Crippen LogP contribution < -0.4 is 4.74 Å². The molecule has 96 valence electrons. The molecule has 0 unspecified atom stereocenters. The third kappa shape index (κ3) is 2.84. The van der Waals surface area contributed by atoms with Gasteiger partial charge in [-0.25, -0.2) is 4.39 Å². The van der Waals surface area contributed by atoms with Crippen LogP contribution >= 0.6 is 11.6 Å². The molecule has 19 heavy (non-hydrogen) atoms. The van der Waals surface area contributed by atoms with Gasteiger partial charge in [-0.3, -0.25) is 0 Å². The van der Waals surface area contributed by atoms with E-state index in [4.69, 9.17) is 26.7 Å². The second kappa shape index (κ2) is 5.70. The van der Waals surface area contributed by atoms with Gasteiger partial charge in [-0.1, -0.05) is 23.7 Å². The van der Waals surface area contributed by atoms with E-state index in [0.717, 1.165) is 0 Å². The number of ether oxygens (including phenoxy) is 1. The first-order valence-electron chi connectivity index (χ1n) is 5.41. The number of aliphatic hydroxyl groups is 1. The van der Waals surface area contributed by atoms with Crippen LogP contribution in [0.5, 0.6) is 11.5 Å². The highest BCUT2D eigenvalue weighted by atomic mass is 35.5. The summed E-state index contributed by atoms with van der Waals surface area (Å²) in [6, 6.07) is 10.9. The van der Waals surface area contributed by atoms with Crippen LogP contribution in [0.2, 0.25) is 5.02 Å². The summed E-state index contributed by atoms with van der Waals surface area (Å²) in [5.74, 6) is -0.527. The molecule has 0 fully saturated rings. The summed E-state index contributed by atoms with van der Waals surface area (Å²) >= 11 is 5.65. The fourth-order valence-electron chi connectivity index (χ4n) is 1.53. The quantitative estimate of drug-likeness (QED) is 0.932. The molecule has 0 aliphatic heterocycles. The van der Waals surface area contributed by atoms with Crippen molar-refractivity contribution in [2.45, 2.75) is 6.61 Å². The van der Waals surface area contributed by atoms with E-state index in [1.165, 1.54) is 24.3 Å². The van der Waals surface area contributed by atoms with Crippen LogP contribution in [-0.2, 0) is 6.61 Å². The highest BCUT2D eigenvalue weighted by molar-refractivity contribution is 6.30. The van der Waals surface area contributed by atoms with Gasteiger partial charge in [0, 0.05) is 0 Å². The first kappa shape index (κ1) is 13.3. The maximum atomic E-state index is 13.7. The molecule has 3 nitrogen and oxygen atoms in total. The van der Waals surface area contributed by atoms with Gasteiger partial charge < -0.3 is 9.84 Å². The van der Waals surface area contributed by atoms with Gasteiger partial charge in [-0.15, -0.1) is 0 Å². The minimum absolute atomic E-state index is 0.0528. The number of benzene rings is 2. The molecule has 0 radical (unpaired) electrons. The van der Waals surface area contributed by atoms with Crippen molar-refractivity contribution < 1.29 is 14.2 Å². The van der Waals surface area contributed by atoms with Crippen LogP contribution in [0.15, 0.2) is 36.4 Å². The lowest BCUT2D eigenvalue weighted by molar-refractivity contribution is 0.281. The zero-order chi connectivity index (χ0) is 13.8. The maximum absolute atomic E-state index is 13.7. The Morgan fingerprint density at radius 3 is 2.74 bits per heavy atom. The lowest BCUT2D eigenvalue weighted by atomic mass is 10.1. The summed E-state index contributed by atoms with van der Waals surface area (Å²) < 4.78 is 19.0. The fourth-order valence-corrected chi connectivity index (χ4v) is 1.70. The van der Waals surface area contributed by atoms with E-state index in [1.807, 2.05) is 6.07 Å². The summed E-state index contributed by atoms with van der Waals surface area (Å²) in [5.41, 5.74) is 0.793. The number of nitriles is 1. The highest BCUT2D eigenvalue weighted by Crippen LogP contribution is 2.30. The predicted octanol–water partition coefficient (Wildman–Crippen LogP) is 3.64. The van der Waals surface area contributed by atoms with Crippen LogP contribution in [0.25, 0.3) is 0 Å². The second-order valence-corrected chi connectivity index (χ2v) is 4.16. The Bertz CT molecular complexity index is 652. The molecular formula is C14H9ClFNO2. The highest BCUT2D eigenvalue weighted by Gasteiger charge is 2.11. The standard InChI is InChI=1S/C14H9ClFNO2/c15-11-2-1-3-13(14(11)16)19-12-5-4-9(8-18)6-10(12)7-17/h1-6,18H,8H2. The molecule has 0 aliphatic rings. The Labute approximate surface area is 114 Å². The number of hydrogen-bond acceptors (Lipinski definition) is 3. The van der Waals surface area contributed by atoms with E-state index in [2.05, 4.69) is 0 Å². The summed E-state index contributed by atoms with van der Waals surface area (Å²) in [5, 5.41) is 17.9. The van der Waals surface area contributed by atoms with Gasteiger partial charge in [-0.05, 0) is 29.8 Å². The van der Waals surface area contributed by atoms with E-state index in [0.29, 0.717) is 5.56 Å². The molecule has 0 saturated heterocycles. The van der Waals surface area contributed by atoms with Crippen molar-refractivity contribution in [3.63, 3.8) is 0 Å². The Kier molecular flexibility index (Phi) is 4.00. The van der Waals surface area contributed by atoms with E-state index >= 15 is 0 Å². The van der Waals surface area contributed by atoms with Crippen LogP contribution in [0.1, 0.15) is 11.1 Å². The molecule has 0 aliphatic carbocycles. The van der Waals surface area contributed by atoms with E-state index in [9.17, 15) is 4.39 Å². The third-order valence-electron chi connectivity index (χ3n) is 2.48. The molecule has 2 aromatic rings. The van der Waals surface area contributed by atoms with Crippen molar-refractivity contribution in [2.24, 2.45) is 0 Å². The monoisotopic (exact) mass is 277 g/mol. The van der Waals surface area contributed by atoms with Crippen LogP contribution in [0.3, 0.4) is 0 Å². The second-order valence-electron chi connectivity index (χ2n) is 3.75. The van der Waals surface area contributed by atoms with Crippen molar-refractivity contribution in [1.29, 1.82) is 5.26 Å². The number of aliphatic hydroxyl groups excluding tert-OH is 1. The normalized spacial score (nSPS) is 10.0. The molecular weight excluding hydrogens is 269 g/mol. The van der Waals surface area contributed by atoms with Crippen LogP contribution in [0.4, 0.5) is 4.39 Å². The van der Waals surface area contributed by atoms with Crippen molar-refractivity contribution in [2.75, 3.05) is 0 Å². The molecule has 0 amide bonds. The first-order valence-corrected chi connectivity index (χ1v) is 5.79. The first-order chi connectivity index (χ1) is 9.15. The zero-order valence-corrected chi connectivity index (χ0v) is 10.5. The Morgan fingerprint density at radius 1 is 1.26 bits per heavy atom. The van der Waals surface area contributed by atoms with Gasteiger partial charge >= 0.3 is 0 Å². The van der Waals surface area contributed by atoms with Gasteiger partial charge in [0.05, 0.1) is 17.2 Å². The number of nitrogens with zero attached hydrogens (tertiary/aromatic N) is 1. The largest absolute Gasteiger partial charge is 0.453 e. The average Bonchev–Trinajstić information content (AvgIpc) is 2.44. The summed E-state index contributed by atoms with van der Waals surface area (Å²) in [7, 11) is 0. The molecule has 0 bridgehead atoms. The molecule has 1 N–H and O–H groups in total. The van der Waals surface area contributed by atoms with E-state index in [1.54, 1.807) is 12.1 Å². The molecule has 2 aromatic carbocycles. The number of halogens is 2.